The molecular weight excluding hydrogens is 983 g/mol. The normalized spacial score (nSPS) is 11.1. The molecule has 0 spiro atoms. The summed E-state index contributed by atoms with van der Waals surface area (Å²) >= 11 is 5.27. The van der Waals surface area contributed by atoms with E-state index in [4.69, 9.17) is 16.6 Å². The largest absolute Gasteiger partial charge is 2.00 e. The van der Waals surface area contributed by atoms with Crippen LogP contribution in [0.5, 0.6) is 0 Å². The van der Waals surface area contributed by atoms with Gasteiger partial charge in [-0.3, -0.25) is 34.7 Å². The van der Waals surface area contributed by atoms with Gasteiger partial charge in [-0.2, -0.15) is 18.3 Å². The van der Waals surface area contributed by atoms with E-state index >= 15 is 0 Å². The first-order valence-electron chi connectivity index (χ1n) is 18.5. The minimum atomic E-state index is -4.76. The second kappa shape index (κ2) is 28.8. The third-order valence-corrected chi connectivity index (χ3v) is 9.24. The van der Waals surface area contributed by atoms with Gasteiger partial charge in [0.25, 0.3) is 19.4 Å². The van der Waals surface area contributed by atoms with E-state index in [1.54, 1.807) is 35.6 Å². The van der Waals surface area contributed by atoms with Crippen LogP contribution in [0.2, 0.25) is 0 Å². The van der Waals surface area contributed by atoms with Crippen LogP contribution < -0.4 is 0 Å². The van der Waals surface area contributed by atoms with E-state index in [1.165, 1.54) is 66.5 Å². The Labute approximate surface area is 391 Å². The summed E-state index contributed by atoms with van der Waals surface area (Å²) in [6.45, 7) is 2.78. The standard InChI is InChI=1S/C24H15F2N3O6.C19H21F3N3S.CNS.Ru/c25-19-11-27-21(9-17(19)2-5-34-14-31)23-7-16(1-4-33-13-30)8-24(29-23)22-10-18(3-6-35-15-32)20(26)12-28-22;1-2-3-4-5-6-13-8-10-26-18(13)14-7-9-25-16(11-14)15(23)12-17(24)19(20,21)22;2-1-3;/h1-15H;7-12,23-24H,2-6H2,1H3;;/q;2*-1;+2/b4-1+,5-2+,6-3+;15-12-,24-17?;;. The third-order valence-electron chi connectivity index (χ3n) is 8.24. The zero-order valence-electron chi connectivity index (χ0n) is 33.9. The predicted octanol–water partition coefficient (Wildman–Crippen LogP) is 11.5. The number of ether oxygens (including phenoxy) is 3. The van der Waals surface area contributed by atoms with Crippen molar-refractivity contribution in [1.82, 2.24) is 19.9 Å². The molecule has 13 nitrogen and oxygen atoms in total. The van der Waals surface area contributed by atoms with Gasteiger partial charge >= 0.3 is 25.7 Å². The summed E-state index contributed by atoms with van der Waals surface area (Å²) in [6.07, 6.45) is 11.9. The number of allylic oxidation sites excluding steroid dienone is 1. The zero-order chi connectivity index (χ0) is 46.9. The van der Waals surface area contributed by atoms with Gasteiger partial charge in [0.2, 0.25) is 0 Å². The van der Waals surface area contributed by atoms with Gasteiger partial charge in [-0.15, -0.1) is 17.0 Å². The van der Waals surface area contributed by atoms with E-state index in [2.05, 4.69) is 59.4 Å². The Balaban J connectivity index is 0.000000431. The van der Waals surface area contributed by atoms with E-state index in [1.807, 2.05) is 5.38 Å². The maximum atomic E-state index is 14.1. The van der Waals surface area contributed by atoms with Gasteiger partial charge in [-0.25, -0.2) is 13.8 Å². The SMILES string of the molecule is CCCCCCc1ccsc1-c1ccnc(/C([NH-])=C/C(=N)C(F)(F)F)c1.O=CO/C=C/c1cc(-c2cc(/C=C/OC=O)c(F)cn2)nc(-c2cc(/C=C/OC=O)c(F)cn2)c1.[N-]=C=S.[Ru+2]. The van der Waals surface area contributed by atoms with Crippen LogP contribution in [0.4, 0.5) is 22.0 Å². The van der Waals surface area contributed by atoms with Gasteiger partial charge in [-0.1, -0.05) is 38.4 Å². The fourth-order valence-electron chi connectivity index (χ4n) is 5.34. The van der Waals surface area contributed by atoms with Gasteiger partial charge in [0, 0.05) is 27.9 Å². The molecule has 0 aliphatic rings. The fraction of sp³-hybridized carbons (Fsp3) is 0.159. The summed E-state index contributed by atoms with van der Waals surface area (Å²) in [7, 11) is 0. The van der Waals surface area contributed by atoms with E-state index in [0.29, 0.717) is 11.6 Å². The number of thiocarbonyl (C=S) groups is 1. The maximum Gasteiger partial charge on any atom is 2.00 e. The molecule has 0 radical (unpaired) electrons. The molecule has 338 valence electrons. The van der Waals surface area contributed by atoms with Gasteiger partial charge in [0.15, 0.2) is 0 Å². The number of nitrogens with zero attached hydrogens (tertiary/aromatic N) is 5. The quantitative estimate of drug-likeness (QED) is 0.0121. The fourth-order valence-corrected chi connectivity index (χ4v) is 6.29. The first-order valence-corrected chi connectivity index (χ1v) is 19.8. The molecule has 0 aliphatic heterocycles. The number of rotatable bonds is 19. The summed E-state index contributed by atoms with van der Waals surface area (Å²) in [6, 6.07) is 11.4. The Morgan fingerprint density at radius 3 is 1.88 bits per heavy atom. The molecule has 0 saturated carbocycles. The van der Waals surface area contributed by atoms with E-state index < -0.39 is 29.2 Å². The molecular formula is C44H36F5N7O6RuS2. The van der Waals surface area contributed by atoms with E-state index in [0.717, 1.165) is 54.5 Å². The summed E-state index contributed by atoms with van der Waals surface area (Å²) < 4.78 is 79.2. The number of carbonyl (C=O) groups is 3. The summed E-state index contributed by atoms with van der Waals surface area (Å²) in [5, 5.41) is 17.5. The second-order valence-electron chi connectivity index (χ2n) is 12.5. The number of thiophene rings is 1. The molecule has 21 heteroatoms. The number of aromatic nitrogens is 4. The van der Waals surface area contributed by atoms with Crippen LogP contribution in [0, 0.1) is 17.0 Å². The minimum absolute atomic E-state index is 0. The number of carbonyl (C=O) groups excluding carboxylic acids is 3. The van der Waals surface area contributed by atoms with Crippen LogP contribution >= 0.6 is 23.6 Å². The van der Waals surface area contributed by atoms with Crippen molar-refractivity contribution in [2.24, 2.45) is 0 Å². The Morgan fingerprint density at radius 2 is 1.37 bits per heavy atom. The van der Waals surface area contributed by atoms with Crippen molar-refractivity contribution < 1.29 is 70.0 Å². The average Bonchev–Trinajstić information content (AvgIpc) is 3.75. The Morgan fingerprint density at radius 1 is 0.831 bits per heavy atom. The number of pyridine rings is 4. The molecule has 5 aromatic rings. The van der Waals surface area contributed by atoms with Crippen molar-refractivity contribution in [3.63, 3.8) is 0 Å². The van der Waals surface area contributed by atoms with Crippen LogP contribution in [0.15, 0.2) is 91.3 Å². The number of halogens is 5. The molecule has 5 aromatic heterocycles. The zero-order valence-corrected chi connectivity index (χ0v) is 37.3. The molecule has 2 N–H and O–H groups in total. The molecule has 0 unspecified atom stereocenters. The monoisotopic (exact) mass is 1020 g/mol. The Kier molecular flexibility index (Phi) is 24.1. The molecule has 65 heavy (non-hydrogen) atoms. The molecule has 5 heterocycles. The average molecular weight is 1020 g/mol. The molecule has 0 fully saturated rings. The topological polar surface area (TPSA) is 200 Å². The van der Waals surface area contributed by atoms with E-state index in [-0.39, 0.29) is 78.5 Å². The van der Waals surface area contributed by atoms with Crippen molar-refractivity contribution in [2.75, 3.05) is 0 Å². The number of hydrogen-bond acceptors (Lipinski definition) is 13. The predicted molar refractivity (Wildman–Crippen MR) is 237 cm³/mol. The van der Waals surface area contributed by atoms with Gasteiger partial charge in [-0.05, 0) is 102 Å². The molecule has 0 saturated heterocycles. The molecule has 0 aliphatic carbocycles. The van der Waals surface area contributed by atoms with Gasteiger partial charge in [0.05, 0.1) is 54.0 Å². The van der Waals surface area contributed by atoms with Crippen LogP contribution in [0.25, 0.3) is 68.3 Å². The van der Waals surface area contributed by atoms with Crippen LogP contribution in [-0.4, -0.2) is 56.4 Å². The van der Waals surface area contributed by atoms with Crippen molar-refractivity contribution >= 4 is 77.8 Å². The van der Waals surface area contributed by atoms with Crippen LogP contribution in [0.1, 0.15) is 60.6 Å². The summed E-state index contributed by atoms with van der Waals surface area (Å²) in [4.78, 5) is 48.8. The second-order valence-corrected chi connectivity index (χ2v) is 13.6. The summed E-state index contributed by atoms with van der Waals surface area (Å²) in [5.74, 6) is -1.33. The number of unbranched alkanes of at least 4 members (excludes halogenated alkanes) is 3. The van der Waals surface area contributed by atoms with Crippen molar-refractivity contribution in [3.05, 3.63) is 142 Å². The first kappa shape index (κ1) is 54.3. The van der Waals surface area contributed by atoms with Gasteiger partial charge < -0.3 is 25.4 Å². The van der Waals surface area contributed by atoms with E-state index in [9.17, 15) is 36.3 Å². The summed E-state index contributed by atoms with van der Waals surface area (Å²) in [5.41, 5.74) is 9.76. The molecule has 5 rings (SSSR count). The van der Waals surface area contributed by atoms with Crippen molar-refractivity contribution in [2.45, 2.75) is 45.2 Å². The van der Waals surface area contributed by atoms with Crippen molar-refractivity contribution in [1.29, 1.82) is 5.41 Å². The minimum Gasteiger partial charge on any atom is -0.753 e. The number of nitrogens with one attached hydrogen (secondary N) is 2. The Bertz CT molecular complexity index is 2460. The number of isothiocyanates is 1. The number of alkyl halides is 3. The van der Waals surface area contributed by atoms with Crippen LogP contribution in [0.3, 0.4) is 0 Å². The first-order chi connectivity index (χ1) is 30.8. The van der Waals surface area contributed by atoms with Crippen LogP contribution in [-0.2, 0) is 54.5 Å². The smallest absolute Gasteiger partial charge is 0.753 e. The number of aryl methyl sites for hydroxylation is 1. The van der Waals surface area contributed by atoms with Gasteiger partial charge in [0.1, 0.15) is 17.3 Å². The third kappa shape index (κ3) is 18.1. The molecule has 0 bridgehead atoms. The maximum absolute atomic E-state index is 14.1. The molecule has 0 atom stereocenters. The Hall–Kier alpha value is -6.79. The molecule has 0 aromatic carbocycles. The number of hydrogen-bond donors (Lipinski definition) is 1. The molecule has 0 amide bonds. The van der Waals surface area contributed by atoms with Crippen molar-refractivity contribution in [3.8, 4) is 33.2 Å².